The fourth-order valence-electron chi connectivity index (χ4n) is 3.51. The third-order valence-corrected chi connectivity index (χ3v) is 5.55. The fourth-order valence-corrected chi connectivity index (χ4v) is 3.51. The highest BCUT2D eigenvalue weighted by molar-refractivity contribution is 5.96. The second kappa shape index (κ2) is 17.0. The van der Waals surface area contributed by atoms with Crippen molar-refractivity contribution >= 4 is 41.5 Å². The summed E-state index contributed by atoms with van der Waals surface area (Å²) in [6, 6.07) is 3.50. The number of amides is 5. The van der Waals surface area contributed by atoms with Crippen molar-refractivity contribution in [2.45, 2.75) is 62.7 Å². The summed E-state index contributed by atoms with van der Waals surface area (Å²) >= 11 is 0. The van der Waals surface area contributed by atoms with Crippen molar-refractivity contribution in [3.05, 3.63) is 35.9 Å². The number of nitrogens with zero attached hydrogens (tertiary/aromatic N) is 1. The monoisotopic (exact) mass is 563 g/mol. The minimum atomic E-state index is -1.48. The Balaban J connectivity index is 3.03. The smallest absolute Gasteiger partial charge is 0.326 e. The lowest BCUT2D eigenvalue weighted by Gasteiger charge is -2.25. The lowest BCUT2D eigenvalue weighted by Crippen LogP contribution is -2.58. The number of aliphatic carboxylic acids is 1. The predicted octanol–water partition coefficient (Wildman–Crippen LogP) is -3.71. The molecule has 0 radical (unpaired) electrons. The zero-order valence-corrected chi connectivity index (χ0v) is 21.9. The molecule has 5 amide bonds. The van der Waals surface area contributed by atoms with Crippen LogP contribution in [0.2, 0.25) is 0 Å². The first-order valence-corrected chi connectivity index (χ1v) is 12.4. The zero-order valence-electron chi connectivity index (χ0n) is 21.9. The predicted molar refractivity (Wildman–Crippen MR) is 144 cm³/mol. The van der Waals surface area contributed by atoms with Crippen LogP contribution in [0.3, 0.4) is 0 Å². The molecule has 0 saturated heterocycles. The van der Waals surface area contributed by atoms with E-state index in [0.29, 0.717) is 0 Å². The molecule has 0 aromatic heterocycles. The molecule has 220 valence electrons. The van der Waals surface area contributed by atoms with Crippen LogP contribution in [0.15, 0.2) is 35.3 Å². The Morgan fingerprint density at radius 1 is 0.775 bits per heavy atom. The minimum absolute atomic E-state index is 0.0543. The maximum atomic E-state index is 13.1. The topological polar surface area (TPSA) is 301 Å². The van der Waals surface area contributed by atoms with Gasteiger partial charge in [-0.1, -0.05) is 30.3 Å². The molecule has 16 heteroatoms. The number of nitrogens with two attached hydrogens (primary N) is 5. The summed E-state index contributed by atoms with van der Waals surface area (Å²) in [4.78, 5) is 76.8. The molecule has 1 aromatic rings. The quantitative estimate of drug-likeness (QED) is 0.0478. The molecule has 4 atom stereocenters. The molecule has 14 N–H and O–H groups in total. The van der Waals surface area contributed by atoms with Crippen molar-refractivity contribution < 1.29 is 33.9 Å². The first-order chi connectivity index (χ1) is 18.8. The molecule has 0 bridgehead atoms. The van der Waals surface area contributed by atoms with Gasteiger partial charge in [0.2, 0.25) is 29.5 Å². The Kier molecular flexibility index (Phi) is 14.1. The highest BCUT2D eigenvalue weighted by Gasteiger charge is 2.31. The van der Waals surface area contributed by atoms with E-state index in [1.54, 1.807) is 30.3 Å². The fraction of sp³-hybridized carbons (Fsp3) is 0.458. The van der Waals surface area contributed by atoms with E-state index < -0.39 is 66.1 Å². The van der Waals surface area contributed by atoms with E-state index >= 15 is 0 Å². The molecular formula is C24H37N9O7. The van der Waals surface area contributed by atoms with Crippen molar-refractivity contribution in [2.75, 3.05) is 6.54 Å². The minimum Gasteiger partial charge on any atom is -0.480 e. The van der Waals surface area contributed by atoms with Gasteiger partial charge in [0, 0.05) is 13.0 Å². The van der Waals surface area contributed by atoms with Crippen LogP contribution in [0.4, 0.5) is 0 Å². The number of carbonyl (C=O) groups excluding carboxylic acids is 5. The first-order valence-electron chi connectivity index (χ1n) is 12.4. The van der Waals surface area contributed by atoms with Gasteiger partial charge in [-0.05, 0) is 31.2 Å². The van der Waals surface area contributed by atoms with E-state index in [2.05, 4.69) is 20.9 Å². The Bertz CT molecular complexity index is 1080. The number of hydrogen-bond donors (Lipinski definition) is 9. The molecule has 1 aromatic carbocycles. The zero-order chi connectivity index (χ0) is 30.2. The van der Waals surface area contributed by atoms with Crippen molar-refractivity contribution in [1.82, 2.24) is 16.0 Å². The van der Waals surface area contributed by atoms with Crippen LogP contribution in [-0.4, -0.2) is 77.3 Å². The molecule has 0 aliphatic heterocycles. The van der Waals surface area contributed by atoms with Crippen LogP contribution >= 0.6 is 0 Å². The van der Waals surface area contributed by atoms with Crippen LogP contribution in [0.5, 0.6) is 0 Å². The first kappa shape index (κ1) is 33.3. The standard InChI is InChI=1S/C24H37N9O7/c25-14(11-13-5-2-1-3-6-13)20(36)33-17(12-19(27)35)22(38)31-15(7-4-10-30-24(28)29)21(37)32-16(23(39)40)8-9-18(26)34/h1-3,5-6,14-17H,4,7-12,25H2,(H2,26,34)(H2,27,35)(H,31,38)(H,32,37)(H,33,36)(H,39,40)(H4,28,29,30). The van der Waals surface area contributed by atoms with Gasteiger partial charge < -0.3 is 49.7 Å². The Labute approximate surface area is 230 Å². The number of carboxylic acids is 1. The summed E-state index contributed by atoms with van der Waals surface area (Å²) in [6.07, 6.45) is -0.922. The maximum absolute atomic E-state index is 13.1. The van der Waals surface area contributed by atoms with Gasteiger partial charge >= 0.3 is 5.97 Å². The van der Waals surface area contributed by atoms with Gasteiger partial charge in [0.1, 0.15) is 18.1 Å². The van der Waals surface area contributed by atoms with Gasteiger partial charge in [0.05, 0.1) is 12.5 Å². The second-order valence-corrected chi connectivity index (χ2v) is 8.94. The van der Waals surface area contributed by atoms with Crippen LogP contribution < -0.4 is 44.6 Å². The van der Waals surface area contributed by atoms with E-state index in [1.165, 1.54) is 0 Å². The SMILES string of the molecule is NC(=O)CCC(NC(=O)C(CCCN=C(N)N)NC(=O)C(CC(N)=O)NC(=O)C(N)Cc1ccccc1)C(=O)O. The number of nitrogens with one attached hydrogen (secondary N) is 3. The third kappa shape index (κ3) is 13.2. The highest BCUT2D eigenvalue weighted by atomic mass is 16.4. The summed E-state index contributed by atoms with van der Waals surface area (Å²) in [6.45, 7) is 0.0851. The van der Waals surface area contributed by atoms with Crippen molar-refractivity contribution in [3.8, 4) is 0 Å². The van der Waals surface area contributed by atoms with Crippen LogP contribution in [0.25, 0.3) is 0 Å². The molecule has 0 heterocycles. The lowest BCUT2D eigenvalue weighted by molar-refractivity contribution is -0.142. The van der Waals surface area contributed by atoms with E-state index in [4.69, 9.17) is 28.7 Å². The van der Waals surface area contributed by atoms with Crippen molar-refractivity contribution in [1.29, 1.82) is 0 Å². The summed E-state index contributed by atoms with van der Waals surface area (Å²) in [5.41, 5.74) is 27.6. The molecular weight excluding hydrogens is 526 g/mol. The third-order valence-electron chi connectivity index (χ3n) is 5.55. The highest BCUT2D eigenvalue weighted by Crippen LogP contribution is 2.06. The van der Waals surface area contributed by atoms with E-state index in [0.717, 1.165) is 5.56 Å². The molecule has 16 nitrogen and oxygen atoms in total. The molecule has 0 saturated carbocycles. The van der Waals surface area contributed by atoms with Crippen LogP contribution in [-0.2, 0) is 35.2 Å². The van der Waals surface area contributed by atoms with Gasteiger partial charge in [0.15, 0.2) is 5.96 Å². The molecule has 0 fully saturated rings. The number of primary amides is 2. The molecule has 40 heavy (non-hydrogen) atoms. The Morgan fingerprint density at radius 3 is 1.90 bits per heavy atom. The number of guanidine groups is 1. The number of carboxylic acid groups (broad SMARTS) is 1. The van der Waals surface area contributed by atoms with Crippen LogP contribution in [0, 0.1) is 0 Å². The molecule has 0 aliphatic rings. The summed E-state index contributed by atoms with van der Waals surface area (Å²) in [7, 11) is 0. The Hall–Kier alpha value is -4.73. The second-order valence-electron chi connectivity index (χ2n) is 8.94. The van der Waals surface area contributed by atoms with Gasteiger partial charge in [-0.2, -0.15) is 0 Å². The number of benzene rings is 1. The average Bonchev–Trinajstić information content (AvgIpc) is 2.87. The number of aliphatic imine (C=N–C) groups is 1. The van der Waals surface area contributed by atoms with Gasteiger partial charge in [0.25, 0.3) is 0 Å². The van der Waals surface area contributed by atoms with E-state index in [-0.39, 0.29) is 44.6 Å². The van der Waals surface area contributed by atoms with Crippen LogP contribution in [0.1, 0.15) is 37.7 Å². The summed E-state index contributed by atoms with van der Waals surface area (Å²) in [5.74, 6) is -5.88. The molecule has 0 spiro atoms. The van der Waals surface area contributed by atoms with E-state index in [9.17, 15) is 33.9 Å². The largest absolute Gasteiger partial charge is 0.480 e. The molecule has 4 unspecified atom stereocenters. The normalized spacial score (nSPS) is 13.5. The van der Waals surface area contributed by atoms with E-state index in [1.807, 2.05) is 0 Å². The van der Waals surface area contributed by atoms with Gasteiger partial charge in [-0.3, -0.25) is 29.0 Å². The molecule has 1 rings (SSSR count). The summed E-state index contributed by atoms with van der Waals surface area (Å²) in [5, 5.41) is 16.4. The van der Waals surface area contributed by atoms with Crippen molar-refractivity contribution in [2.24, 2.45) is 33.7 Å². The number of hydrogen-bond acceptors (Lipinski definition) is 8. The Morgan fingerprint density at radius 2 is 1.35 bits per heavy atom. The van der Waals surface area contributed by atoms with Gasteiger partial charge in [-0.25, -0.2) is 4.79 Å². The number of rotatable bonds is 18. The van der Waals surface area contributed by atoms with Gasteiger partial charge in [-0.15, -0.1) is 0 Å². The molecule has 0 aliphatic carbocycles. The number of carbonyl (C=O) groups is 6. The maximum Gasteiger partial charge on any atom is 0.326 e. The lowest BCUT2D eigenvalue weighted by atomic mass is 10.0. The van der Waals surface area contributed by atoms with Crippen molar-refractivity contribution in [3.63, 3.8) is 0 Å². The average molecular weight is 564 g/mol. The summed E-state index contributed by atoms with van der Waals surface area (Å²) < 4.78 is 0.